The third kappa shape index (κ3) is 2.47. The molecule has 1 aliphatic carbocycles. The highest BCUT2D eigenvalue weighted by atomic mass is 16.5. The van der Waals surface area contributed by atoms with Crippen LogP contribution in [0.15, 0.2) is 18.5 Å². The van der Waals surface area contributed by atoms with Crippen molar-refractivity contribution in [2.75, 3.05) is 26.9 Å². The summed E-state index contributed by atoms with van der Waals surface area (Å²) >= 11 is 0. The molecule has 0 aliphatic heterocycles. The largest absolute Gasteiger partial charge is 0.493 e. The van der Waals surface area contributed by atoms with E-state index in [0.717, 1.165) is 23.7 Å². The van der Waals surface area contributed by atoms with E-state index >= 15 is 0 Å². The average molecular weight is 288 g/mol. The van der Waals surface area contributed by atoms with Crippen molar-refractivity contribution in [3.8, 4) is 11.5 Å². The molecule has 1 aromatic heterocycles. The van der Waals surface area contributed by atoms with Crippen LogP contribution in [0.25, 0.3) is 10.9 Å². The summed E-state index contributed by atoms with van der Waals surface area (Å²) in [5.74, 6) is 1.73. The standard InChI is InChI=1S/C15H20N4O2/c1-19(2)9-6-10(7-9)21-14-12(20-3)5-4-11-13(14)15(16)18-8-17-11/h4-5,8-10H,6-7H2,1-3H3,(H2,16,17,18). The van der Waals surface area contributed by atoms with Crippen LogP contribution in [0.3, 0.4) is 0 Å². The molecule has 0 unspecified atom stereocenters. The first kappa shape index (κ1) is 13.9. The third-order valence-corrected chi connectivity index (χ3v) is 4.05. The van der Waals surface area contributed by atoms with E-state index in [1.807, 2.05) is 12.1 Å². The topological polar surface area (TPSA) is 73.5 Å². The zero-order chi connectivity index (χ0) is 15.0. The molecule has 1 fully saturated rings. The molecule has 0 amide bonds. The number of hydrogen-bond donors (Lipinski definition) is 1. The maximum Gasteiger partial charge on any atom is 0.174 e. The van der Waals surface area contributed by atoms with E-state index in [2.05, 4.69) is 29.0 Å². The Labute approximate surface area is 123 Å². The zero-order valence-electron chi connectivity index (χ0n) is 12.5. The number of rotatable bonds is 4. The van der Waals surface area contributed by atoms with Crippen LogP contribution in [0.2, 0.25) is 0 Å². The van der Waals surface area contributed by atoms with E-state index in [1.165, 1.54) is 6.33 Å². The van der Waals surface area contributed by atoms with Crippen LogP contribution in [0.5, 0.6) is 11.5 Å². The quantitative estimate of drug-likeness (QED) is 0.923. The summed E-state index contributed by atoms with van der Waals surface area (Å²) in [7, 11) is 5.80. The van der Waals surface area contributed by atoms with Crippen molar-refractivity contribution in [2.45, 2.75) is 25.0 Å². The number of ether oxygens (including phenoxy) is 2. The van der Waals surface area contributed by atoms with E-state index in [1.54, 1.807) is 7.11 Å². The van der Waals surface area contributed by atoms with E-state index in [9.17, 15) is 0 Å². The molecule has 0 bridgehead atoms. The van der Waals surface area contributed by atoms with Gasteiger partial charge in [0.05, 0.1) is 18.0 Å². The second-order valence-electron chi connectivity index (χ2n) is 5.58. The summed E-state index contributed by atoms with van der Waals surface area (Å²) in [5, 5.41) is 0.727. The van der Waals surface area contributed by atoms with Crippen LogP contribution in [-0.2, 0) is 0 Å². The van der Waals surface area contributed by atoms with Gasteiger partial charge in [-0.25, -0.2) is 9.97 Å². The first-order valence-corrected chi connectivity index (χ1v) is 7.00. The van der Waals surface area contributed by atoms with Gasteiger partial charge >= 0.3 is 0 Å². The van der Waals surface area contributed by atoms with Gasteiger partial charge in [0.1, 0.15) is 18.2 Å². The number of hydrogen-bond acceptors (Lipinski definition) is 6. The van der Waals surface area contributed by atoms with Gasteiger partial charge in [0.25, 0.3) is 0 Å². The van der Waals surface area contributed by atoms with Gasteiger partial charge in [-0.1, -0.05) is 0 Å². The summed E-state index contributed by atoms with van der Waals surface area (Å²) in [6.07, 6.45) is 3.64. The van der Waals surface area contributed by atoms with E-state index < -0.39 is 0 Å². The lowest BCUT2D eigenvalue weighted by atomic mass is 9.88. The Bertz CT molecular complexity index is 653. The summed E-state index contributed by atoms with van der Waals surface area (Å²) in [4.78, 5) is 10.5. The molecule has 2 N–H and O–H groups in total. The molecule has 3 rings (SSSR count). The molecule has 0 saturated heterocycles. The van der Waals surface area contributed by atoms with E-state index in [-0.39, 0.29) is 6.10 Å². The normalized spacial score (nSPS) is 21.3. The molecular weight excluding hydrogens is 268 g/mol. The van der Waals surface area contributed by atoms with Crippen molar-refractivity contribution in [2.24, 2.45) is 0 Å². The molecule has 6 nitrogen and oxygen atoms in total. The Balaban J connectivity index is 1.93. The monoisotopic (exact) mass is 288 g/mol. The van der Waals surface area contributed by atoms with Crippen molar-refractivity contribution < 1.29 is 9.47 Å². The first-order valence-electron chi connectivity index (χ1n) is 7.00. The highest BCUT2D eigenvalue weighted by Gasteiger charge is 2.33. The predicted octanol–water partition coefficient (Wildman–Crippen LogP) is 1.69. The molecule has 1 aliphatic rings. The molecular formula is C15H20N4O2. The average Bonchev–Trinajstić information content (AvgIpc) is 2.41. The number of anilines is 1. The minimum atomic E-state index is 0.177. The lowest BCUT2D eigenvalue weighted by molar-refractivity contribution is 0.0394. The van der Waals surface area contributed by atoms with Crippen molar-refractivity contribution in [1.29, 1.82) is 0 Å². The molecule has 0 atom stereocenters. The van der Waals surface area contributed by atoms with Crippen LogP contribution in [0.1, 0.15) is 12.8 Å². The minimum Gasteiger partial charge on any atom is -0.493 e. The lowest BCUT2D eigenvalue weighted by Gasteiger charge is -2.39. The Morgan fingerprint density at radius 2 is 2.00 bits per heavy atom. The fraction of sp³-hybridized carbons (Fsp3) is 0.467. The van der Waals surface area contributed by atoms with Crippen molar-refractivity contribution in [1.82, 2.24) is 14.9 Å². The molecule has 112 valence electrons. The summed E-state index contributed by atoms with van der Waals surface area (Å²) < 4.78 is 11.5. The summed E-state index contributed by atoms with van der Waals surface area (Å²) in [6.45, 7) is 0. The van der Waals surface area contributed by atoms with E-state index in [0.29, 0.717) is 23.4 Å². The third-order valence-electron chi connectivity index (χ3n) is 4.05. The van der Waals surface area contributed by atoms with Crippen LogP contribution >= 0.6 is 0 Å². The van der Waals surface area contributed by atoms with Crippen LogP contribution in [-0.4, -0.2) is 48.2 Å². The summed E-state index contributed by atoms with van der Waals surface area (Å²) in [6, 6.07) is 4.29. The number of nitrogens with two attached hydrogens (primary N) is 1. The molecule has 21 heavy (non-hydrogen) atoms. The number of nitrogens with zero attached hydrogens (tertiary/aromatic N) is 3. The first-order chi connectivity index (χ1) is 10.1. The van der Waals surface area contributed by atoms with Gasteiger partial charge in [-0.3, -0.25) is 0 Å². The van der Waals surface area contributed by atoms with Crippen LogP contribution in [0.4, 0.5) is 5.82 Å². The number of aromatic nitrogens is 2. The molecule has 0 radical (unpaired) electrons. The Morgan fingerprint density at radius 1 is 1.24 bits per heavy atom. The highest BCUT2D eigenvalue weighted by molar-refractivity contribution is 5.95. The number of nitrogen functional groups attached to an aromatic ring is 1. The molecule has 2 aromatic rings. The van der Waals surface area contributed by atoms with Gasteiger partial charge in [0.15, 0.2) is 11.5 Å². The number of benzene rings is 1. The van der Waals surface area contributed by atoms with Crippen LogP contribution in [0, 0.1) is 0 Å². The molecule has 1 saturated carbocycles. The maximum absolute atomic E-state index is 6.14. The fourth-order valence-electron chi connectivity index (χ4n) is 2.63. The van der Waals surface area contributed by atoms with Gasteiger partial charge in [-0.2, -0.15) is 0 Å². The SMILES string of the molecule is COc1ccc2ncnc(N)c2c1OC1CC(N(C)C)C1. The zero-order valence-corrected chi connectivity index (χ0v) is 12.5. The Kier molecular flexibility index (Phi) is 3.55. The summed E-state index contributed by atoms with van der Waals surface area (Å²) in [5.41, 5.74) is 6.76. The van der Waals surface area contributed by atoms with Crippen molar-refractivity contribution >= 4 is 16.7 Å². The second-order valence-corrected chi connectivity index (χ2v) is 5.58. The molecule has 6 heteroatoms. The van der Waals surface area contributed by atoms with Gasteiger partial charge in [0, 0.05) is 6.04 Å². The van der Waals surface area contributed by atoms with Gasteiger partial charge in [0.2, 0.25) is 0 Å². The Hall–Kier alpha value is -2.08. The predicted molar refractivity (Wildman–Crippen MR) is 81.6 cm³/mol. The minimum absolute atomic E-state index is 0.177. The van der Waals surface area contributed by atoms with Gasteiger partial charge < -0.3 is 20.1 Å². The van der Waals surface area contributed by atoms with E-state index in [4.69, 9.17) is 15.2 Å². The number of fused-ring (bicyclic) bond motifs is 1. The lowest BCUT2D eigenvalue weighted by Crippen LogP contribution is -2.46. The number of methoxy groups -OCH3 is 1. The van der Waals surface area contributed by atoms with Crippen molar-refractivity contribution in [3.05, 3.63) is 18.5 Å². The van der Waals surface area contributed by atoms with Gasteiger partial charge in [-0.15, -0.1) is 0 Å². The van der Waals surface area contributed by atoms with Crippen molar-refractivity contribution in [3.63, 3.8) is 0 Å². The van der Waals surface area contributed by atoms with Crippen LogP contribution < -0.4 is 15.2 Å². The van der Waals surface area contributed by atoms with Gasteiger partial charge in [-0.05, 0) is 39.1 Å². The highest BCUT2D eigenvalue weighted by Crippen LogP contribution is 2.40. The second kappa shape index (κ2) is 5.37. The molecule has 1 heterocycles. The smallest absolute Gasteiger partial charge is 0.174 e. The molecule has 1 aromatic carbocycles. The fourth-order valence-corrected chi connectivity index (χ4v) is 2.63. The maximum atomic E-state index is 6.14. The molecule has 0 spiro atoms. The Morgan fingerprint density at radius 3 is 2.67 bits per heavy atom.